The number of hydrogen-bond acceptors (Lipinski definition) is 8. The molecule has 1 saturated heterocycles. The number of aliphatic hydroxyl groups excluding tert-OH is 3. The van der Waals surface area contributed by atoms with Gasteiger partial charge in [-0.3, -0.25) is 0 Å². The second kappa shape index (κ2) is 7.48. The molecule has 0 saturated carbocycles. The minimum Gasteiger partial charge on any atom is -0.748 e. The van der Waals surface area contributed by atoms with Gasteiger partial charge in [0.15, 0.2) is 6.29 Å². The van der Waals surface area contributed by atoms with Crippen molar-refractivity contribution in [2.75, 3.05) is 12.9 Å². The molecule has 5 atom stereocenters. The van der Waals surface area contributed by atoms with Crippen LogP contribution in [-0.2, 0) is 19.6 Å². The monoisotopic (exact) mass is 294 g/mol. The van der Waals surface area contributed by atoms with Crippen molar-refractivity contribution >= 4 is 10.1 Å². The Labute approximate surface area is 127 Å². The van der Waals surface area contributed by atoms with Crippen molar-refractivity contribution in [3.63, 3.8) is 0 Å². The molecule has 18 heavy (non-hydrogen) atoms. The normalized spacial score (nSPS) is 37.1. The van der Waals surface area contributed by atoms with Crippen LogP contribution in [0.5, 0.6) is 0 Å². The molecular weight excluding hydrogens is 279 g/mol. The average Bonchev–Trinajstić information content (AvgIpc) is 2.24. The Hall–Kier alpha value is 0.710. The first-order chi connectivity index (χ1) is 7.76. The molecule has 0 aromatic carbocycles. The molecule has 0 spiro atoms. The predicted molar refractivity (Wildman–Crippen MR) is 52.9 cm³/mol. The second-order valence-corrected chi connectivity index (χ2v) is 5.32. The van der Waals surface area contributed by atoms with Gasteiger partial charge in [0.1, 0.15) is 18.3 Å². The van der Waals surface area contributed by atoms with Crippen LogP contribution in [0.3, 0.4) is 0 Å². The molecule has 1 fully saturated rings. The van der Waals surface area contributed by atoms with E-state index < -0.39 is 46.6 Å². The SMILES string of the molecule is COC1O[C@H](CCS(=O)(=O)[O-])[C@@H](O)[C@H](O)[C@@H]1O.[Na+]. The summed E-state index contributed by atoms with van der Waals surface area (Å²) in [7, 11) is -3.21. The summed E-state index contributed by atoms with van der Waals surface area (Å²) < 4.78 is 41.1. The van der Waals surface area contributed by atoms with Crippen molar-refractivity contribution in [2.24, 2.45) is 0 Å². The maximum absolute atomic E-state index is 10.4. The summed E-state index contributed by atoms with van der Waals surface area (Å²) >= 11 is 0. The maximum atomic E-state index is 10.4. The zero-order chi connectivity index (χ0) is 13.2. The minimum absolute atomic E-state index is 0. The van der Waals surface area contributed by atoms with Crippen molar-refractivity contribution in [3.8, 4) is 0 Å². The standard InChI is InChI=1S/C8H16O8S.Na/c1-15-8-7(11)6(10)5(9)4(16-8)2-3-17(12,13)14;/h4-11H,2-3H2,1H3,(H,12,13,14);/q;+1/p-1/t4-,5-,6+,7+,8?;/m1./s1. The van der Waals surface area contributed by atoms with Crippen LogP contribution in [0.2, 0.25) is 0 Å². The van der Waals surface area contributed by atoms with Gasteiger partial charge in [-0.25, -0.2) is 8.42 Å². The first-order valence-corrected chi connectivity index (χ1v) is 6.50. The minimum atomic E-state index is -4.43. The Bertz CT molecular complexity index is 345. The van der Waals surface area contributed by atoms with Crippen LogP contribution in [0, 0.1) is 0 Å². The Kier molecular flexibility index (Phi) is 7.78. The van der Waals surface area contributed by atoms with Gasteiger partial charge in [-0.1, -0.05) is 0 Å². The molecule has 1 rings (SSSR count). The third-order valence-electron chi connectivity index (χ3n) is 2.55. The Balaban J connectivity index is 0.00000289. The van der Waals surface area contributed by atoms with E-state index in [0.717, 1.165) is 0 Å². The van der Waals surface area contributed by atoms with Crippen molar-refractivity contribution in [3.05, 3.63) is 0 Å². The molecule has 8 nitrogen and oxygen atoms in total. The van der Waals surface area contributed by atoms with Crippen LogP contribution < -0.4 is 29.6 Å². The Morgan fingerprint density at radius 2 is 1.78 bits per heavy atom. The van der Waals surface area contributed by atoms with E-state index in [1.807, 2.05) is 0 Å². The largest absolute Gasteiger partial charge is 1.00 e. The fourth-order valence-corrected chi connectivity index (χ4v) is 2.13. The van der Waals surface area contributed by atoms with Crippen LogP contribution in [0.15, 0.2) is 0 Å². The number of rotatable bonds is 4. The van der Waals surface area contributed by atoms with Crippen LogP contribution in [0.25, 0.3) is 0 Å². The van der Waals surface area contributed by atoms with Crippen molar-refractivity contribution in [2.45, 2.75) is 37.1 Å². The molecule has 102 valence electrons. The molecule has 1 heterocycles. The fraction of sp³-hybridized carbons (Fsp3) is 1.00. The molecule has 1 aliphatic heterocycles. The fourth-order valence-electron chi connectivity index (χ4n) is 1.61. The number of hydrogen-bond donors (Lipinski definition) is 3. The molecule has 1 unspecified atom stereocenters. The predicted octanol–water partition coefficient (Wildman–Crippen LogP) is -5.62. The first kappa shape index (κ1) is 18.7. The van der Waals surface area contributed by atoms with Crippen molar-refractivity contribution < 1.29 is 67.3 Å². The third-order valence-corrected chi connectivity index (χ3v) is 3.29. The van der Waals surface area contributed by atoms with Gasteiger partial charge in [-0.2, -0.15) is 0 Å². The van der Waals surface area contributed by atoms with Gasteiger partial charge >= 0.3 is 29.6 Å². The molecule has 0 aromatic heterocycles. The molecular formula is C8H15NaO8S. The average molecular weight is 294 g/mol. The Morgan fingerprint density at radius 1 is 1.22 bits per heavy atom. The van der Waals surface area contributed by atoms with Crippen LogP contribution >= 0.6 is 0 Å². The quantitative estimate of drug-likeness (QED) is 0.345. The number of ether oxygens (including phenoxy) is 2. The smallest absolute Gasteiger partial charge is 0.748 e. The zero-order valence-corrected chi connectivity index (χ0v) is 12.9. The topological polar surface area (TPSA) is 136 Å². The van der Waals surface area contributed by atoms with E-state index in [-0.39, 0.29) is 36.0 Å². The number of aliphatic hydroxyl groups is 3. The zero-order valence-electron chi connectivity index (χ0n) is 10.1. The summed E-state index contributed by atoms with van der Waals surface area (Å²) in [6, 6.07) is 0. The molecule has 0 bridgehead atoms. The van der Waals surface area contributed by atoms with Crippen LogP contribution in [0.1, 0.15) is 6.42 Å². The number of methoxy groups -OCH3 is 1. The van der Waals surface area contributed by atoms with E-state index in [0.29, 0.717) is 0 Å². The van der Waals surface area contributed by atoms with Crippen molar-refractivity contribution in [1.82, 2.24) is 0 Å². The summed E-state index contributed by atoms with van der Waals surface area (Å²) in [5.41, 5.74) is 0. The van der Waals surface area contributed by atoms with E-state index in [1.165, 1.54) is 7.11 Å². The second-order valence-electron chi connectivity index (χ2n) is 3.80. The van der Waals surface area contributed by atoms with E-state index in [1.54, 1.807) is 0 Å². The molecule has 0 radical (unpaired) electrons. The molecule has 0 amide bonds. The van der Waals surface area contributed by atoms with Crippen molar-refractivity contribution in [1.29, 1.82) is 0 Å². The first-order valence-electron chi connectivity index (χ1n) is 4.92. The van der Waals surface area contributed by atoms with Gasteiger partial charge in [0.25, 0.3) is 0 Å². The van der Waals surface area contributed by atoms with E-state index in [4.69, 9.17) is 9.47 Å². The van der Waals surface area contributed by atoms with Gasteiger partial charge in [-0.15, -0.1) is 0 Å². The Morgan fingerprint density at radius 3 is 2.22 bits per heavy atom. The molecule has 0 aliphatic carbocycles. The summed E-state index contributed by atoms with van der Waals surface area (Å²) in [4.78, 5) is 0. The molecule has 3 N–H and O–H groups in total. The van der Waals surface area contributed by atoms with Crippen LogP contribution in [-0.4, -0.2) is 71.9 Å². The van der Waals surface area contributed by atoms with Gasteiger partial charge in [-0.05, 0) is 6.42 Å². The third kappa shape index (κ3) is 5.00. The van der Waals surface area contributed by atoms with Gasteiger partial charge in [0, 0.05) is 12.9 Å². The van der Waals surface area contributed by atoms with E-state index in [2.05, 4.69) is 0 Å². The van der Waals surface area contributed by atoms with Gasteiger partial charge in [0.2, 0.25) is 0 Å². The summed E-state index contributed by atoms with van der Waals surface area (Å²) in [6.45, 7) is 0. The van der Waals surface area contributed by atoms with Crippen LogP contribution in [0.4, 0.5) is 0 Å². The summed E-state index contributed by atoms with van der Waals surface area (Å²) in [5.74, 6) is -0.728. The van der Waals surface area contributed by atoms with Gasteiger partial charge < -0.3 is 29.3 Å². The van der Waals surface area contributed by atoms with E-state index >= 15 is 0 Å². The molecule has 10 heteroatoms. The molecule has 0 aromatic rings. The van der Waals surface area contributed by atoms with E-state index in [9.17, 15) is 28.3 Å². The van der Waals surface area contributed by atoms with Gasteiger partial charge in [0.05, 0.1) is 16.2 Å². The summed E-state index contributed by atoms with van der Waals surface area (Å²) in [6.07, 6.45) is -6.97. The maximum Gasteiger partial charge on any atom is 1.00 e. The summed E-state index contributed by atoms with van der Waals surface area (Å²) in [5, 5.41) is 28.4. The molecule has 1 aliphatic rings.